The van der Waals surface area contributed by atoms with Crippen LogP contribution in [0.15, 0.2) is 54.6 Å². The highest BCUT2D eigenvalue weighted by molar-refractivity contribution is 5.94. The molecule has 4 nitrogen and oxygen atoms in total. The topological polar surface area (TPSA) is 41.6 Å². The number of nitrogens with zero attached hydrogens (tertiary/aromatic N) is 1. The van der Waals surface area contributed by atoms with Crippen LogP contribution < -0.4 is 15.0 Å². The Hall–Kier alpha value is -2.49. The third kappa shape index (κ3) is 6.87. The van der Waals surface area contributed by atoms with Crippen LogP contribution in [-0.2, 0) is 4.79 Å². The highest BCUT2D eigenvalue weighted by atomic mass is 16.5. The summed E-state index contributed by atoms with van der Waals surface area (Å²) in [5, 5.41) is 2.92. The van der Waals surface area contributed by atoms with Gasteiger partial charge in [-0.05, 0) is 42.8 Å². The minimum atomic E-state index is -0.0420. The molecule has 0 saturated carbocycles. The van der Waals surface area contributed by atoms with Gasteiger partial charge < -0.3 is 15.0 Å². The molecule has 0 atom stereocenters. The van der Waals surface area contributed by atoms with Crippen LogP contribution in [0.25, 0.3) is 0 Å². The summed E-state index contributed by atoms with van der Waals surface area (Å²) in [6.45, 7) is 3.25. The van der Waals surface area contributed by atoms with Crippen molar-refractivity contribution in [1.82, 2.24) is 0 Å². The molecule has 2 rings (SSSR count). The van der Waals surface area contributed by atoms with Gasteiger partial charge >= 0.3 is 0 Å². The lowest BCUT2D eigenvalue weighted by atomic mass is 10.2. The van der Waals surface area contributed by atoms with E-state index in [0.717, 1.165) is 30.2 Å². The molecule has 25 heavy (non-hydrogen) atoms. The van der Waals surface area contributed by atoms with Crippen LogP contribution in [0.3, 0.4) is 0 Å². The highest BCUT2D eigenvalue weighted by Crippen LogP contribution is 2.17. The number of benzene rings is 2. The van der Waals surface area contributed by atoms with Crippen molar-refractivity contribution < 1.29 is 9.53 Å². The molecule has 0 aliphatic carbocycles. The number of para-hydroxylation sites is 1. The van der Waals surface area contributed by atoms with Crippen LogP contribution in [0.5, 0.6) is 5.75 Å². The Morgan fingerprint density at radius 1 is 1.00 bits per heavy atom. The van der Waals surface area contributed by atoms with Gasteiger partial charge in [0, 0.05) is 18.4 Å². The van der Waals surface area contributed by atoms with Crippen molar-refractivity contribution in [3.8, 4) is 5.75 Å². The second-order valence-electron chi connectivity index (χ2n) is 6.17. The molecule has 0 fully saturated rings. The van der Waals surface area contributed by atoms with Crippen molar-refractivity contribution in [2.45, 2.75) is 32.6 Å². The number of amides is 1. The number of ether oxygens (including phenoxy) is 1. The zero-order valence-electron chi connectivity index (χ0n) is 15.2. The Morgan fingerprint density at radius 2 is 1.72 bits per heavy atom. The van der Waals surface area contributed by atoms with E-state index in [0.29, 0.717) is 6.54 Å². The van der Waals surface area contributed by atoms with Gasteiger partial charge in [-0.15, -0.1) is 0 Å². The van der Waals surface area contributed by atoms with E-state index in [1.165, 1.54) is 19.3 Å². The summed E-state index contributed by atoms with van der Waals surface area (Å²) in [6.07, 6.45) is 4.78. The normalized spacial score (nSPS) is 10.3. The summed E-state index contributed by atoms with van der Waals surface area (Å²) >= 11 is 0. The molecule has 0 heterocycles. The molecule has 2 aromatic rings. The number of hydrogen-bond acceptors (Lipinski definition) is 3. The second kappa shape index (κ2) is 10.4. The first-order valence-electron chi connectivity index (χ1n) is 8.98. The molecule has 0 spiro atoms. The lowest BCUT2D eigenvalue weighted by molar-refractivity contribution is -0.114. The van der Waals surface area contributed by atoms with Crippen molar-refractivity contribution in [1.29, 1.82) is 0 Å². The number of nitrogens with one attached hydrogen (secondary N) is 1. The van der Waals surface area contributed by atoms with Gasteiger partial charge in [-0.3, -0.25) is 4.79 Å². The fourth-order valence-corrected chi connectivity index (χ4v) is 2.54. The number of carbonyl (C=O) groups is 1. The van der Waals surface area contributed by atoms with Crippen LogP contribution in [0.1, 0.15) is 32.6 Å². The van der Waals surface area contributed by atoms with Gasteiger partial charge in [-0.25, -0.2) is 0 Å². The molecule has 1 N–H and O–H groups in total. The quantitative estimate of drug-likeness (QED) is 0.636. The van der Waals surface area contributed by atoms with Crippen molar-refractivity contribution in [2.75, 3.05) is 30.4 Å². The molecular formula is C21H28N2O2. The Labute approximate surface area is 150 Å². The lowest BCUT2D eigenvalue weighted by Crippen LogP contribution is -2.29. The number of anilines is 2. The summed E-state index contributed by atoms with van der Waals surface area (Å²) in [5.41, 5.74) is 1.80. The maximum Gasteiger partial charge on any atom is 0.243 e. The van der Waals surface area contributed by atoms with E-state index in [1.807, 2.05) is 66.5 Å². The minimum absolute atomic E-state index is 0.0420. The molecule has 0 aromatic heterocycles. The van der Waals surface area contributed by atoms with Gasteiger partial charge in [0.2, 0.25) is 5.91 Å². The molecular weight excluding hydrogens is 312 g/mol. The Kier molecular flexibility index (Phi) is 7.83. The third-order valence-corrected chi connectivity index (χ3v) is 3.98. The largest absolute Gasteiger partial charge is 0.494 e. The average molecular weight is 340 g/mol. The predicted octanol–water partition coefficient (Wildman–Crippen LogP) is 4.72. The monoisotopic (exact) mass is 340 g/mol. The van der Waals surface area contributed by atoms with Gasteiger partial charge in [0.1, 0.15) is 5.75 Å². The van der Waals surface area contributed by atoms with Crippen molar-refractivity contribution in [3.05, 3.63) is 54.6 Å². The van der Waals surface area contributed by atoms with Crippen molar-refractivity contribution >= 4 is 17.3 Å². The standard InChI is InChI=1S/C21H28N2O2/c1-3-4-5-9-16-25-20-14-12-18(13-15-20)22-21(24)17-23(2)19-10-7-6-8-11-19/h6-8,10-15H,3-5,9,16-17H2,1-2H3,(H,22,24). The van der Waals surface area contributed by atoms with Crippen LogP contribution in [0.2, 0.25) is 0 Å². The summed E-state index contributed by atoms with van der Waals surface area (Å²) in [6, 6.07) is 17.4. The van der Waals surface area contributed by atoms with E-state index >= 15 is 0 Å². The summed E-state index contributed by atoms with van der Waals surface area (Å²) in [7, 11) is 1.91. The van der Waals surface area contributed by atoms with Gasteiger partial charge in [0.05, 0.1) is 13.2 Å². The maximum absolute atomic E-state index is 12.2. The van der Waals surface area contributed by atoms with Crippen molar-refractivity contribution in [3.63, 3.8) is 0 Å². The van der Waals surface area contributed by atoms with E-state index in [4.69, 9.17) is 4.74 Å². The van der Waals surface area contributed by atoms with Crippen molar-refractivity contribution in [2.24, 2.45) is 0 Å². The van der Waals surface area contributed by atoms with Gasteiger partial charge in [0.15, 0.2) is 0 Å². The van der Waals surface area contributed by atoms with Gasteiger partial charge in [-0.1, -0.05) is 44.4 Å². The van der Waals surface area contributed by atoms with E-state index in [-0.39, 0.29) is 5.91 Å². The Balaban J connectivity index is 1.75. The van der Waals surface area contributed by atoms with Crippen LogP contribution in [-0.4, -0.2) is 26.1 Å². The van der Waals surface area contributed by atoms with Gasteiger partial charge in [-0.2, -0.15) is 0 Å². The third-order valence-electron chi connectivity index (χ3n) is 3.98. The fourth-order valence-electron chi connectivity index (χ4n) is 2.54. The Morgan fingerprint density at radius 3 is 2.40 bits per heavy atom. The summed E-state index contributed by atoms with van der Waals surface area (Å²) in [4.78, 5) is 14.1. The van der Waals surface area contributed by atoms with Crippen LogP contribution in [0.4, 0.5) is 11.4 Å². The maximum atomic E-state index is 12.2. The molecule has 0 unspecified atom stereocenters. The summed E-state index contributed by atoms with van der Waals surface area (Å²) < 4.78 is 5.71. The molecule has 134 valence electrons. The van der Waals surface area contributed by atoms with Crippen LogP contribution >= 0.6 is 0 Å². The number of carbonyl (C=O) groups excluding carboxylic acids is 1. The minimum Gasteiger partial charge on any atom is -0.494 e. The first-order chi connectivity index (χ1) is 12.2. The zero-order valence-corrected chi connectivity index (χ0v) is 15.2. The van der Waals surface area contributed by atoms with E-state index in [1.54, 1.807) is 0 Å². The van der Waals surface area contributed by atoms with Gasteiger partial charge in [0.25, 0.3) is 0 Å². The Bertz CT molecular complexity index is 626. The molecule has 0 aliphatic rings. The molecule has 0 aliphatic heterocycles. The second-order valence-corrected chi connectivity index (χ2v) is 6.17. The summed E-state index contributed by atoms with van der Waals surface area (Å²) in [5.74, 6) is 0.801. The number of hydrogen-bond donors (Lipinski definition) is 1. The zero-order chi connectivity index (χ0) is 17.9. The van der Waals surface area contributed by atoms with Crippen LogP contribution in [0, 0.1) is 0 Å². The highest BCUT2D eigenvalue weighted by Gasteiger charge is 2.07. The molecule has 0 bridgehead atoms. The number of likely N-dealkylation sites (N-methyl/N-ethyl adjacent to an activating group) is 1. The number of rotatable bonds is 10. The molecule has 4 heteroatoms. The predicted molar refractivity (Wildman–Crippen MR) is 104 cm³/mol. The molecule has 0 radical (unpaired) electrons. The fraction of sp³-hybridized carbons (Fsp3) is 0.381. The average Bonchev–Trinajstić information content (AvgIpc) is 2.63. The first-order valence-corrected chi connectivity index (χ1v) is 8.98. The smallest absolute Gasteiger partial charge is 0.243 e. The SMILES string of the molecule is CCCCCCOc1ccc(NC(=O)CN(C)c2ccccc2)cc1. The first kappa shape index (κ1) is 18.8. The molecule has 0 saturated heterocycles. The van der Waals surface area contributed by atoms with E-state index < -0.39 is 0 Å². The number of unbranched alkanes of at least 4 members (excludes halogenated alkanes) is 3. The molecule has 2 aromatic carbocycles. The molecule has 1 amide bonds. The van der Waals surface area contributed by atoms with E-state index in [2.05, 4.69) is 12.2 Å². The lowest BCUT2D eigenvalue weighted by Gasteiger charge is -2.18. The van der Waals surface area contributed by atoms with E-state index in [9.17, 15) is 4.79 Å².